The van der Waals surface area contributed by atoms with Crippen molar-refractivity contribution in [2.75, 3.05) is 0 Å². The maximum Gasteiger partial charge on any atom is 0.306 e. The smallest absolute Gasteiger partial charge is 0.306 e. The number of hydrogen-bond acceptors (Lipinski definition) is 4. The van der Waals surface area contributed by atoms with Gasteiger partial charge in [-0.3, -0.25) is 9.78 Å². The summed E-state index contributed by atoms with van der Waals surface area (Å²) >= 11 is 0. The maximum atomic E-state index is 13.1. The number of Topliss-reactive ketones (excluding diaryl/α,β-unsaturated/α-hetero) is 1. The molecule has 2 aromatic rings. The number of carbonyl (C=O) groups excluding carboxylic acids is 1. The molecule has 1 aromatic heterocycles. The van der Waals surface area contributed by atoms with Crippen LogP contribution in [-0.4, -0.2) is 28.6 Å². The van der Waals surface area contributed by atoms with E-state index in [2.05, 4.69) is 68.2 Å². The Balaban J connectivity index is 0. The van der Waals surface area contributed by atoms with Gasteiger partial charge in [-0.25, -0.2) is 8.78 Å². The number of aromatic nitrogens is 1. The summed E-state index contributed by atoms with van der Waals surface area (Å²) in [7, 11) is 0. The largest absolute Gasteiger partial charge is 0.453 e. The molecule has 1 unspecified atom stereocenters. The van der Waals surface area contributed by atoms with Crippen molar-refractivity contribution in [3.8, 4) is 5.75 Å². The van der Waals surface area contributed by atoms with Crippen LogP contribution in [-0.2, 0) is 37.5 Å². The van der Waals surface area contributed by atoms with E-state index in [0.717, 1.165) is 41.3 Å². The molecule has 41 heavy (non-hydrogen) atoms. The molecule has 3 rings (SSSR count). The molecule has 1 fully saturated rings. The fourth-order valence-corrected chi connectivity index (χ4v) is 3.50. The molecule has 223 valence electrons. The third-order valence-electron chi connectivity index (χ3n) is 5.99. The monoisotopic (exact) mass is 647 g/mol. The Hall–Kier alpha value is -2.47. The van der Waals surface area contributed by atoms with Gasteiger partial charge >= 0.3 is 12.3 Å². The first-order valence-electron chi connectivity index (χ1n) is 13.3. The number of nitrogens with zero attached hydrogens (tertiary/aromatic N) is 1. The third-order valence-corrected chi connectivity index (χ3v) is 5.99. The van der Waals surface area contributed by atoms with E-state index in [0.29, 0.717) is 18.1 Å². The summed E-state index contributed by atoms with van der Waals surface area (Å²) in [6, 6.07) is 8.07. The summed E-state index contributed by atoms with van der Waals surface area (Å²) in [5.41, 5.74) is 7.55. The number of ether oxygens (including phenoxy) is 1. The number of allylic oxidation sites excluding steroid dienone is 1. The fourth-order valence-electron chi connectivity index (χ4n) is 3.50. The molecular formula is C33H45F3N2O2Y. The molecule has 1 aliphatic rings. The Labute approximate surface area is 270 Å². The zero-order chi connectivity index (χ0) is 30.7. The van der Waals surface area contributed by atoms with Gasteiger partial charge < -0.3 is 10.1 Å². The van der Waals surface area contributed by atoms with Gasteiger partial charge in [-0.05, 0) is 69.7 Å². The first-order valence-corrected chi connectivity index (χ1v) is 13.3. The van der Waals surface area contributed by atoms with Crippen molar-refractivity contribution in [3.05, 3.63) is 84.4 Å². The quantitative estimate of drug-likeness (QED) is 0.218. The van der Waals surface area contributed by atoms with Crippen LogP contribution in [0.5, 0.6) is 5.75 Å². The molecule has 1 radical (unpaired) electrons. The van der Waals surface area contributed by atoms with Crippen LogP contribution in [0.25, 0.3) is 17.3 Å². The molecule has 1 aromatic carbocycles. The molecular weight excluding hydrogens is 602 g/mol. The van der Waals surface area contributed by atoms with Crippen LogP contribution >= 0.6 is 0 Å². The Morgan fingerprint density at radius 2 is 1.85 bits per heavy atom. The standard InChI is InChI=1S/C18H22N2O.C11H11F3O.C4H10.Y.H2/c1-6-17(20-18(5)8-7-9-18)15-10-16(12(2)14(4)21)13(3)19-11-15;1-3-8-5-4-6-9(7-8)15-11(2,14)10(12)13;1-4(2)3;;/h10-11,20H,1-2,7-9H2,3-5H3;3-7,10H,1H2,2H3;4H,1-3H3;;1H. The number of halogens is 3. The summed E-state index contributed by atoms with van der Waals surface area (Å²) in [6.07, 6.45) is 3.64. The Morgan fingerprint density at radius 1 is 1.27 bits per heavy atom. The van der Waals surface area contributed by atoms with Gasteiger partial charge in [-0.15, -0.1) is 5.73 Å². The molecule has 0 aliphatic heterocycles. The summed E-state index contributed by atoms with van der Waals surface area (Å²) < 4.78 is 42.0. The normalized spacial score (nSPS) is 14.2. The van der Waals surface area contributed by atoms with Gasteiger partial charge in [0.2, 0.25) is 0 Å². The third kappa shape index (κ3) is 12.9. The van der Waals surface area contributed by atoms with Gasteiger partial charge in [0.25, 0.3) is 0 Å². The first-order chi connectivity index (χ1) is 18.5. The SMILES string of the molecule is C=C=C(NC1(C)CCC1)c1cnc(C)c(C(=C)C(C)=O)c1.C=Cc1cccc(OC(C)(F)C(F)F)c1.CC(C)C.[HH].[Y]. The predicted molar refractivity (Wildman–Crippen MR) is 162 cm³/mol. The van der Waals surface area contributed by atoms with Gasteiger partial charge in [0.05, 0.1) is 5.70 Å². The number of rotatable bonds is 9. The van der Waals surface area contributed by atoms with E-state index in [1.807, 2.05) is 13.0 Å². The van der Waals surface area contributed by atoms with Gasteiger partial charge in [-0.1, -0.05) is 58.7 Å². The summed E-state index contributed by atoms with van der Waals surface area (Å²) in [5, 5.41) is 3.50. The molecule has 0 amide bonds. The molecule has 0 spiro atoms. The van der Waals surface area contributed by atoms with E-state index in [-0.39, 0.29) is 51.2 Å². The second-order valence-electron chi connectivity index (χ2n) is 10.9. The molecule has 1 saturated carbocycles. The van der Waals surface area contributed by atoms with Gasteiger partial charge in [0, 0.05) is 75.2 Å². The van der Waals surface area contributed by atoms with Gasteiger partial charge in [0.15, 0.2) is 5.78 Å². The number of benzene rings is 1. The van der Waals surface area contributed by atoms with Crippen molar-refractivity contribution in [1.82, 2.24) is 10.3 Å². The van der Waals surface area contributed by atoms with E-state index in [9.17, 15) is 18.0 Å². The van der Waals surface area contributed by atoms with Crippen LogP contribution in [0.4, 0.5) is 13.2 Å². The number of hydrogen-bond donors (Lipinski definition) is 1. The minimum absolute atomic E-state index is 0. The van der Waals surface area contributed by atoms with Crippen molar-refractivity contribution in [3.63, 3.8) is 0 Å². The molecule has 1 atom stereocenters. The average molecular weight is 648 g/mol. The van der Waals surface area contributed by atoms with E-state index >= 15 is 0 Å². The van der Waals surface area contributed by atoms with E-state index in [1.54, 1.807) is 18.3 Å². The number of nitrogens with one attached hydrogen (secondary N) is 1. The molecule has 8 heteroatoms. The minimum atomic E-state index is -3.19. The molecule has 0 bridgehead atoms. The number of aryl methyl sites for hydroxylation is 1. The van der Waals surface area contributed by atoms with E-state index in [1.165, 1.54) is 31.6 Å². The van der Waals surface area contributed by atoms with Crippen molar-refractivity contribution in [2.45, 2.75) is 85.5 Å². The van der Waals surface area contributed by atoms with Crippen molar-refractivity contribution < 1.29 is 56.8 Å². The topological polar surface area (TPSA) is 51.2 Å². The van der Waals surface area contributed by atoms with Crippen LogP contribution in [0.15, 0.2) is 62.0 Å². The van der Waals surface area contributed by atoms with Crippen molar-refractivity contribution in [2.24, 2.45) is 5.92 Å². The van der Waals surface area contributed by atoms with Gasteiger partial charge in [-0.2, -0.15) is 4.39 Å². The second kappa shape index (κ2) is 17.5. The summed E-state index contributed by atoms with van der Waals surface area (Å²) in [4.78, 5) is 15.9. The van der Waals surface area contributed by atoms with Crippen molar-refractivity contribution in [1.29, 1.82) is 0 Å². The van der Waals surface area contributed by atoms with E-state index < -0.39 is 12.3 Å². The van der Waals surface area contributed by atoms with Crippen molar-refractivity contribution >= 4 is 23.1 Å². The Morgan fingerprint density at radius 3 is 2.29 bits per heavy atom. The van der Waals surface area contributed by atoms with Crippen LogP contribution in [0.1, 0.15) is 84.6 Å². The average Bonchev–Trinajstić information content (AvgIpc) is 2.86. The van der Waals surface area contributed by atoms with Crippen LogP contribution in [0.3, 0.4) is 0 Å². The van der Waals surface area contributed by atoms with Crippen LogP contribution in [0, 0.1) is 12.8 Å². The molecule has 1 heterocycles. The van der Waals surface area contributed by atoms with Crippen LogP contribution in [0.2, 0.25) is 0 Å². The molecule has 1 N–H and O–H groups in total. The number of alkyl halides is 3. The number of carbonyl (C=O) groups is 1. The van der Waals surface area contributed by atoms with E-state index in [4.69, 9.17) is 0 Å². The Kier molecular flexibility index (Phi) is 16.4. The second-order valence-corrected chi connectivity index (χ2v) is 10.9. The Bertz CT molecular complexity index is 1230. The molecule has 1 aliphatic carbocycles. The molecule has 0 saturated heterocycles. The maximum absolute atomic E-state index is 13.1. The zero-order valence-electron chi connectivity index (χ0n) is 25.4. The number of pyridine rings is 1. The summed E-state index contributed by atoms with van der Waals surface area (Å²) in [5.74, 6) is -2.13. The van der Waals surface area contributed by atoms with Crippen LogP contribution < -0.4 is 10.1 Å². The fraction of sp³-hybridized carbons (Fsp3) is 0.424. The molecule has 4 nitrogen and oxygen atoms in total. The summed E-state index contributed by atoms with van der Waals surface area (Å²) in [6.45, 7) is 23.9. The van der Waals surface area contributed by atoms with Gasteiger partial charge in [0.1, 0.15) is 5.75 Å². The minimum Gasteiger partial charge on any atom is -0.453 e. The zero-order valence-corrected chi connectivity index (χ0v) is 28.3. The number of ketones is 1. The first kappa shape index (κ1) is 38.5. The predicted octanol–water partition coefficient (Wildman–Crippen LogP) is 9.22.